The lowest BCUT2D eigenvalue weighted by molar-refractivity contribution is 0.00525. The van der Waals surface area contributed by atoms with E-state index >= 15 is 0 Å². The van der Waals surface area contributed by atoms with Gasteiger partial charge < -0.3 is 4.74 Å². The molecule has 1 aromatic carbocycles. The van der Waals surface area contributed by atoms with Crippen LogP contribution in [-0.2, 0) is 4.74 Å². The Morgan fingerprint density at radius 1 is 1.25 bits per heavy atom. The van der Waals surface area contributed by atoms with E-state index in [9.17, 15) is 0 Å². The second-order valence-electron chi connectivity index (χ2n) is 5.00. The van der Waals surface area contributed by atoms with E-state index in [0.717, 1.165) is 12.7 Å². The van der Waals surface area contributed by atoms with Gasteiger partial charge in [0.1, 0.15) is 0 Å². The highest BCUT2D eigenvalue weighted by Crippen LogP contribution is 2.08. The van der Waals surface area contributed by atoms with Crippen LogP contribution in [0.2, 0.25) is 6.04 Å². The third kappa shape index (κ3) is 4.77. The van der Waals surface area contributed by atoms with Gasteiger partial charge in [-0.2, -0.15) is 0 Å². The first-order chi connectivity index (χ1) is 7.53. The summed E-state index contributed by atoms with van der Waals surface area (Å²) < 4.78 is 5.77. The highest BCUT2D eigenvalue weighted by atomic mass is 28.3. The van der Waals surface area contributed by atoms with Crippen LogP contribution in [-0.4, -0.2) is 21.0 Å². The van der Waals surface area contributed by atoms with Crippen LogP contribution in [0.25, 0.3) is 0 Å². The van der Waals surface area contributed by atoms with Crippen molar-refractivity contribution in [3.8, 4) is 0 Å². The van der Waals surface area contributed by atoms with Crippen molar-refractivity contribution in [2.75, 3.05) is 6.61 Å². The molecule has 1 aromatic rings. The maximum absolute atomic E-state index is 5.77. The van der Waals surface area contributed by atoms with Crippen molar-refractivity contribution in [3.05, 3.63) is 42.6 Å². The average molecular weight is 234 g/mol. The van der Waals surface area contributed by atoms with Crippen LogP contribution in [0.1, 0.15) is 20.8 Å². The van der Waals surface area contributed by atoms with Crippen LogP contribution in [0.3, 0.4) is 0 Å². The molecular weight excluding hydrogens is 212 g/mol. The molecule has 88 valence electrons. The molecule has 0 aliphatic carbocycles. The Balaban J connectivity index is 2.48. The van der Waals surface area contributed by atoms with Gasteiger partial charge in [-0.25, -0.2) is 0 Å². The first-order valence-corrected chi connectivity index (χ1v) is 7.90. The lowest BCUT2D eigenvalue weighted by atomic mass is 10.2. The zero-order valence-electron chi connectivity index (χ0n) is 10.6. The van der Waals surface area contributed by atoms with Crippen LogP contribution in [0, 0.1) is 0 Å². The van der Waals surface area contributed by atoms with Gasteiger partial charge in [0.25, 0.3) is 0 Å². The van der Waals surface area contributed by atoms with Gasteiger partial charge in [-0.15, -0.1) is 6.58 Å². The van der Waals surface area contributed by atoms with E-state index in [-0.39, 0.29) is 5.60 Å². The third-order valence-electron chi connectivity index (χ3n) is 2.48. The third-order valence-corrected chi connectivity index (χ3v) is 5.14. The largest absolute Gasteiger partial charge is 0.376 e. The fourth-order valence-electron chi connectivity index (χ4n) is 1.61. The predicted octanol–water partition coefficient (Wildman–Crippen LogP) is 2.66. The monoisotopic (exact) mass is 234 g/mol. The van der Waals surface area contributed by atoms with Crippen molar-refractivity contribution in [1.82, 2.24) is 0 Å². The zero-order chi connectivity index (χ0) is 12.0. The molecule has 0 fully saturated rings. The summed E-state index contributed by atoms with van der Waals surface area (Å²) in [6.07, 6.45) is 0. The van der Waals surface area contributed by atoms with E-state index in [0.29, 0.717) is 0 Å². The van der Waals surface area contributed by atoms with Gasteiger partial charge >= 0.3 is 0 Å². The van der Waals surface area contributed by atoms with Gasteiger partial charge in [-0.05, 0) is 26.8 Å². The van der Waals surface area contributed by atoms with Crippen LogP contribution >= 0.6 is 0 Å². The van der Waals surface area contributed by atoms with Crippen molar-refractivity contribution in [1.29, 1.82) is 0 Å². The van der Waals surface area contributed by atoms with Crippen molar-refractivity contribution < 1.29 is 4.74 Å². The Labute approximate surface area is 101 Å². The molecule has 0 radical (unpaired) electrons. The standard InChI is InChI=1S/C14H22OSi/c1-5-16(12-11-15-14(2,3)4)13-9-7-6-8-10-13/h5-10,16H,1,11-12H2,2-4H3. The van der Waals surface area contributed by atoms with Gasteiger partial charge in [0.15, 0.2) is 0 Å². The van der Waals surface area contributed by atoms with Crippen molar-refractivity contribution >= 4 is 14.0 Å². The quantitative estimate of drug-likeness (QED) is 0.712. The van der Waals surface area contributed by atoms with Crippen molar-refractivity contribution in [2.45, 2.75) is 32.4 Å². The molecule has 1 atom stereocenters. The SMILES string of the molecule is C=C[SiH](CCOC(C)(C)C)c1ccccc1. The number of benzene rings is 1. The molecule has 16 heavy (non-hydrogen) atoms. The number of ether oxygens (including phenoxy) is 1. The molecule has 0 saturated heterocycles. The molecule has 0 aliphatic rings. The molecule has 0 N–H and O–H groups in total. The Kier molecular flexibility index (Phi) is 4.96. The molecule has 0 saturated carbocycles. The highest BCUT2D eigenvalue weighted by molar-refractivity contribution is 6.77. The molecule has 0 bridgehead atoms. The van der Waals surface area contributed by atoms with Crippen LogP contribution in [0.15, 0.2) is 42.6 Å². The van der Waals surface area contributed by atoms with Crippen LogP contribution in [0.5, 0.6) is 0 Å². The second-order valence-corrected chi connectivity index (χ2v) is 7.93. The molecule has 0 spiro atoms. The Hall–Kier alpha value is -0.863. The first-order valence-electron chi connectivity index (χ1n) is 5.84. The lowest BCUT2D eigenvalue weighted by Gasteiger charge is -2.21. The summed E-state index contributed by atoms with van der Waals surface area (Å²) in [6, 6.07) is 11.8. The predicted molar refractivity (Wildman–Crippen MR) is 73.9 cm³/mol. The van der Waals surface area contributed by atoms with E-state index in [1.54, 1.807) is 0 Å². The molecule has 1 rings (SSSR count). The minimum absolute atomic E-state index is 0.0309. The van der Waals surface area contributed by atoms with E-state index in [1.165, 1.54) is 5.19 Å². The average Bonchev–Trinajstić information content (AvgIpc) is 2.24. The van der Waals surface area contributed by atoms with Crippen LogP contribution < -0.4 is 5.19 Å². The summed E-state index contributed by atoms with van der Waals surface area (Å²) >= 11 is 0. The molecule has 2 heteroatoms. The molecule has 0 aliphatic heterocycles. The first kappa shape index (κ1) is 13.2. The van der Waals surface area contributed by atoms with Gasteiger partial charge in [-0.1, -0.05) is 41.2 Å². The number of rotatable bonds is 5. The minimum atomic E-state index is -1.02. The summed E-state index contributed by atoms with van der Waals surface area (Å²) in [6.45, 7) is 11.1. The Morgan fingerprint density at radius 3 is 2.38 bits per heavy atom. The second kappa shape index (κ2) is 6.02. The Morgan fingerprint density at radius 2 is 1.88 bits per heavy atom. The molecule has 0 heterocycles. The maximum Gasteiger partial charge on any atom is 0.0956 e. The maximum atomic E-state index is 5.77. The summed E-state index contributed by atoms with van der Waals surface area (Å²) in [7, 11) is -1.02. The fraction of sp³-hybridized carbons (Fsp3) is 0.429. The molecule has 1 unspecified atom stereocenters. The molecule has 0 amide bonds. The topological polar surface area (TPSA) is 9.23 Å². The number of hydrogen-bond donors (Lipinski definition) is 0. The highest BCUT2D eigenvalue weighted by Gasteiger charge is 2.13. The van der Waals surface area contributed by atoms with Gasteiger partial charge in [0.2, 0.25) is 0 Å². The van der Waals surface area contributed by atoms with Crippen molar-refractivity contribution in [3.63, 3.8) is 0 Å². The summed E-state index contributed by atoms with van der Waals surface area (Å²) in [4.78, 5) is 0. The summed E-state index contributed by atoms with van der Waals surface area (Å²) in [5.41, 5.74) is 2.11. The fourth-order valence-corrected chi connectivity index (χ4v) is 3.54. The summed E-state index contributed by atoms with van der Waals surface area (Å²) in [5, 5.41) is 1.45. The van der Waals surface area contributed by atoms with E-state index in [4.69, 9.17) is 4.74 Å². The molecular formula is C14H22OSi. The number of hydrogen-bond acceptors (Lipinski definition) is 1. The lowest BCUT2D eigenvalue weighted by Crippen LogP contribution is -2.30. The van der Waals surface area contributed by atoms with Gasteiger partial charge in [0, 0.05) is 6.61 Å². The van der Waals surface area contributed by atoms with E-state index < -0.39 is 8.80 Å². The molecule has 1 nitrogen and oxygen atoms in total. The van der Waals surface area contributed by atoms with Gasteiger partial charge in [-0.3, -0.25) is 0 Å². The minimum Gasteiger partial charge on any atom is -0.376 e. The van der Waals surface area contributed by atoms with Crippen LogP contribution in [0.4, 0.5) is 0 Å². The van der Waals surface area contributed by atoms with Gasteiger partial charge in [0.05, 0.1) is 14.4 Å². The Bertz CT molecular complexity index is 313. The van der Waals surface area contributed by atoms with E-state index in [2.05, 4.69) is 63.4 Å². The normalized spacial score (nSPS) is 13.4. The summed E-state index contributed by atoms with van der Waals surface area (Å²) in [5.74, 6) is 0. The smallest absolute Gasteiger partial charge is 0.0956 e. The van der Waals surface area contributed by atoms with Crippen molar-refractivity contribution in [2.24, 2.45) is 0 Å². The molecule has 0 aromatic heterocycles. The van der Waals surface area contributed by atoms with E-state index in [1.807, 2.05) is 0 Å². The zero-order valence-corrected chi connectivity index (χ0v) is 11.7.